The fourth-order valence-corrected chi connectivity index (χ4v) is 4.42. The van der Waals surface area contributed by atoms with E-state index in [2.05, 4.69) is 22.7 Å². The Morgan fingerprint density at radius 3 is 2.69 bits per heavy atom. The van der Waals surface area contributed by atoms with E-state index in [9.17, 15) is 4.79 Å². The number of nitrogens with one attached hydrogen (secondary N) is 2. The molecule has 1 amide bonds. The molecule has 0 radical (unpaired) electrons. The Bertz CT molecular complexity index is 982. The lowest BCUT2D eigenvalue weighted by Gasteiger charge is -2.25. The first-order valence-corrected chi connectivity index (χ1v) is 11.6. The van der Waals surface area contributed by atoms with Crippen molar-refractivity contribution >= 4 is 11.8 Å². The summed E-state index contributed by atoms with van der Waals surface area (Å²) in [6.45, 7) is 2.87. The van der Waals surface area contributed by atoms with Crippen LogP contribution in [0.4, 0.5) is 10.5 Å². The second-order valence-corrected chi connectivity index (χ2v) is 8.64. The van der Waals surface area contributed by atoms with Crippen LogP contribution in [0.1, 0.15) is 51.0 Å². The molecule has 6 heteroatoms. The van der Waals surface area contributed by atoms with Crippen LogP contribution in [0.3, 0.4) is 0 Å². The summed E-state index contributed by atoms with van der Waals surface area (Å²) in [5, 5.41) is 10.7. The minimum Gasteiger partial charge on any atom is -0.410 e. The molecule has 1 aliphatic rings. The fraction of sp³-hybridized carbons (Fsp3) is 0.385. The fourth-order valence-electron chi connectivity index (χ4n) is 4.42. The maximum Gasteiger partial charge on any atom is 0.417 e. The lowest BCUT2D eigenvalue weighted by molar-refractivity contribution is 0.214. The summed E-state index contributed by atoms with van der Waals surface area (Å²) in [6, 6.07) is 17.4. The van der Waals surface area contributed by atoms with Crippen molar-refractivity contribution in [3.05, 3.63) is 72.6 Å². The summed E-state index contributed by atoms with van der Waals surface area (Å²) in [4.78, 5) is 12.5. The molecule has 0 saturated heterocycles. The first kappa shape index (κ1) is 22.1. The monoisotopic (exact) mass is 432 g/mol. The zero-order chi connectivity index (χ0) is 22.2. The topological polar surface area (TPSA) is 68.2 Å². The van der Waals surface area contributed by atoms with Crippen LogP contribution in [0.5, 0.6) is 5.75 Å². The number of para-hydroxylation sites is 1. The normalized spacial score (nSPS) is 15.3. The molecule has 1 heterocycles. The molecule has 1 unspecified atom stereocenters. The molecule has 2 N–H and O–H groups in total. The predicted octanol–water partition coefficient (Wildman–Crippen LogP) is 5.93. The Hall–Kier alpha value is -3.12. The zero-order valence-electron chi connectivity index (χ0n) is 18.7. The van der Waals surface area contributed by atoms with E-state index in [4.69, 9.17) is 4.74 Å². The smallest absolute Gasteiger partial charge is 0.410 e. The molecule has 1 atom stereocenters. The maximum atomic E-state index is 12.5. The number of carbonyl (C=O) groups is 1. The van der Waals surface area contributed by atoms with Gasteiger partial charge in [-0.25, -0.2) is 9.48 Å². The molecule has 3 aromatic rings. The average molecular weight is 433 g/mol. The van der Waals surface area contributed by atoms with Crippen LogP contribution in [-0.2, 0) is 6.54 Å². The number of ether oxygens (including phenoxy) is 1. The van der Waals surface area contributed by atoms with Crippen LogP contribution >= 0.6 is 0 Å². The van der Waals surface area contributed by atoms with Crippen molar-refractivity contribution in [2.45, 2.75) is 58.0 Å². The Labute approximate surface area is 190 Å². The van der Waals surface area contributed by atoms with Crippen molar-refractivity contribution in [3.8, 4) is 11.4 Å². The van der Waals surface area contributed by atoms with Gasteiger partial charge in [-0.1, -0.05) is 50.3 Å². The molecule has 1 saturated carbocycles. The van der Waals surface area contributed by atoms with Crippen LogP contribution in [0, 0.1) is 5.92 Å². The van der Waals surface area contributed by atoms with Gasteiger partial charge in [0.15, 0.2) is 0 Å². The Kier molecular flexibility index (Phi) is 7.56. The number of hydrogen-bond acceptors (Lipinski definition) is 4. The van der Waals surface area contributed by atoms with E-state index >= 15 is 0 Å². The lowest BCUT2D eigenvalue weighted by Crippen LogP contribution is -2.29. The Morgan fingerprint density at radius 2 is 1.94 bits per heavy atom. The van der Waals surface area contributed by atoms with E-state index < -0.39 is 6.09 Å². The summed E-state index contributed by atoms with van der Waals surface area (Å²) in [6.07, 6.45) is 11.1. The minimum absolute atomic E-state index is 0.400. The van der Waals surface area contributed by atoms with E-state index in [-0.39, 0.29) is 0 Å². The van der Waals surface area contributed by atoms with Crippen molar-refractivity contribution in [1.82, 2.24) is 15.1 Å². The quantitative estimate of drug-likeness (QED) is 0.463. The van der Waals surface area contributed by atoms with Gasteiger partial charge in [-0.05, 0) is 55.7 Å². The largest absolute Gasteiger partial charge is 0.417 e. The summed E-state index contributed by atoms with van der Waals surface area (Å²) in [7, 11) is 0. The molecule has 6 nitrogen and oxygen atoms in total. The van der Waals surface area contributed by atoms with E-state index in [1.165, 1.54) is 38.5 Å². The van der Waals surface area contributed by atoms with Crippen molar-refractivity contribution < 1.29 is 9.53 Å². The third-order valence-electron chi connectivity index (χ3n) is 6.09. The van der Waals surface area contributed by atoms with Crippen LogP contribution in [0.2, 0.25) is 0 Å². The molecule has 0 spiro atoms. The van der Waals surface area contributed by atoms with Crippen LogP contribution in [-0.4, -0.2) is 21.9 Å². The highest BCUT2D eigenvalue weighted by molar-refractivity contribution is 5.86. The van der Waals surface area contributed by atoms with Gasteiger partial charge in [0.25, 0.3) is 0 Å². The molecule has 2 aromatic carbocycles. The van der Waals surface area contributed by atoms with Gasteiger partial charge in [-0.15, -0.1) is 0 Å². The second kappa shape index (κ2) is 11.0. The van der Waals surface area contributed by atoms with Crippen molar-refractivity contribution in [2.75, 3.05) is 5.32 Å². The predicted molar refractivity (Wildman–Crippen MR) is 127 cm³/mol. The average Bonchev–Trinajstić information content (AvgIpc) is 3.35. The van der Waals surface area contributed by atoms with Gasteiger partial charge in [0.2, 0.25) is 0 Å². The summed E-state index contributed by atoms with van der Waals surface area (Å²) in [5.41, 5.74) is 2.56. The SMILES string of the molecule is CC(CC1CCCCC1)NCc1cc(-n2cccn2)ccc1OC(=O)Nc1ccccc1. The third-order valence-corrected chi connectivity index (χ3v) is 6.09. The first-order chi connectivity index (χ1) is 15.7. The van der Waals surface area contributed by atoms with Crippen molar-refractivity contribution in [1.29, 1.82) is 0 Å². The molecule has 0 aliphatic heterocycles. The van der Waals surface area contributed by atoms with Crippen LogP contribution in [0.25, 0.3) is 5.69 Å². The van der Waals surface area contributed by atoms with E-state index in [1.54, 1.807) is 6.20 Å². The number of rotatable bonds is 8. The van der Waals surface area contributed by atoms with Gasteiger partial charge < -0.3 is 10.1 Å². The highest BCUT2D eigenvalue weighted by Crippen LogP contribution is 2.28. The number of anilines is 1. The van der Waals surface area contributed by atoms with Gasteiger partial charge in [0.05, 0.1) is 5.69 Å². The van der Waals surface area contributed by atoms with Crippen molar-refractivity contribution in [3.63, 3.8) is 0 Å². The van der Waals surface area contributed by atoms with E-state index in [0.717, 1.165) is 17.2 Å². The third kappa shape index (κ3) is 6.20. The first-order valence-electron chi connectivity index (χ1n) is 11.6. The summed E-state index contributed by atoms with van der Waals surface area (Å²) < 4.78 is 7.49. The van der Waals surface area contributed by atoms with Gasteiger partial charge in [0.1, 0.15) is 5.75 Å². The molecule has 32 heavy (non-hydrogen) atoms. The van der Waals surface area contributed by atoms with Gasteiger partial charge in [-0.2, -0.15) is 5.10 Å². The molecule has 1 aliphatic carbocycles. The van der Waals surface area contributed by atoms with E-state index in [1.807, 2.05) is 65.5 Å². The summed E-state index contributed by atoms with van der Waals surface area (Å²) in [5.74, 6) is 1.36. The van der Waals surface area contributed by atoms with E-state index in [0.29, 0.717) is 24.0 Å². The number of benzene rings is 2. The second-order valence-electron chi connectivity index (χ2n) is 8.64. The molecule has 168 valence electrons. The maximum absolute atomic E-state index is 12.5. The highest BCUT2D eigenvalue weighted by atomic mass is 16.6. The molecule has 4 rings (SSSR count). The number of nitrogens with zero attached hydrogens (tertiary/aromatic N) is 2. The molecule has 0 bridgehead atoms. The van der Waals surface area contributed by atoms with Crippen LogP contribution < -0.4 is 15.4 Å². The minimum atomic E-state index is -0.500. The molecule has 1 fully saturated rings. The zero-order valence-corrected chi connectivity index (χ0v) is 18.7. The number of aromatic nitrogens is 2. The lowest BCUT2D eigenvalue weighted by atomic mass is 9.85. The standard InChI is InChI=1S/C26H32N4O2/c1-20(17-21-9-4-2-5-10-21)27-19-22-18-24(30-16-8-15-28-30)13-14-25(22)32-26(31)29-23-11-6-3-7-12-23/h3,6-8,11-16,18,20-21,27H,2,4-5,9-10,17,19H2,1H3,(H,29,31). The Morgan fingerprint density at radius 1 is 1.12 bits per heavy atom. The number of hydrogen-bond donors (Lipinski definition) is 2. The number of carbonyl (C=O) groups excluding carboxylic acids is 1. The van der Waals surface area contributed by atoms with Crippen LogP contribution in [0.15, 0.2) is 67.0 Å². The molecular weight excluding hydrogens is 400 g/mol. The highest BCUT2D eigenvalue weighted by Gasteiger charge is 2.17. The molecule has 1 aromatic heterocycles. The molecular formula is C26H32N4O2. The van der Waals surface area contributed by atoms with Crippen molar-refractivity contribution in [2.24, 2.45) is 5.92 Å². The Balaban J connectivity index is 1.44. The van der Waals surface area contributed by atoms with Gasteiger partial charge in [-0.3, -0.25) is 5.32 Å². The van der Waals surface area contributed by atoms with Gasteiger partial charge in [0, 0.05) is 36.2 Å². The number of amides is 1. The summed E-state index contributed by atoms with van der Waals surface area (Å²) >= 11 is 0. The van der Waals surface area contributed by atoms with Gasteiger partial charge >= 0.3 is 6.09 Å².